The van der Waals surface area contributed by atoms with E-state index in [-0.39, 0.29) is 5.91 Å². The number of nitrogens with zero attached hydrogens (tertiary/aromatic N) is 1. The summed E-state index contributed by atoms with van der Waals surface area (Å²) in [6.07, 6.45) is 3.00. The molecule has 21 heavy (non-hydrogen) atoms. The molecule has 1 amide bonds. The predicted octanol–water partition coefficient (Wildman–Crippen LogP) is 0.809. The first kappa shape index (κ1) is 14.4. The molecule has 1 aromatic carbocycles. The van der Waals surface area contributed by atoms with E-state index in [9.17, 15) is 13.2 Å². The zero-order valence-corrected chi connectivity index (χ0v) is 12.9. The van der Waals surface area contributed by atoms with Crippen LogP contribution in [0.3, 0.4) is 0 Å². The summed E-state index contributed by atoms with van der Waals surface area (Å²) in [6, 6.07) is 5.84. The number of carbonyl (C=O) groups excluding carboxylic acids is 1. The van der Waals surface area contributed by atoms with E-state index in [1.54, 1.807) is 4.90 Å². The second-order valence-corrected chi connectivity index (χ2v) is 8.12. The molecule has 2 heterocycles. The topological polar surface area (TPSA) is 63.7 Å². The van der Waals surface area contributed by atoms with Crippen molar-refractivity contribution in [2.75, 3.05) is 26.0 Å². The second-order valence-electron chi connectivity index (χ2n) is 5.80. The molecule has 0 N–H and O–H groups in total. The Morgan fingerprint density at radius 2 is 2.24 bits per heavy atom. The number of amides is 1. The van der Waals surface area contributed by atoms with Gasteiger partial charge in [0.05, 0.1) is 18.3 Å². The Balaban J connectivity index is 1.65. The Bertz CT molecular complexity index is 668. The number of rotatable bonds is 3. The van der Waals surface area contributed by atoms with Crippen LogP contribution in [0.4, 0.5) is 0 Å². The molecule has 3 rings (SSSR count). The van der Waals surface area contributed by atoms with Crippen LogP contribution in [-0.4, -0.2) is 50.4 Å². The number of likely N-dealkylation sites (tertiary alicyclic amines) is 1. The lowest BCUT2D eigenvalue weighted by Crippen LogP contribution is -2.32. The van der Waals surface area contributed by atoms with Crippen LogP contribution < -0.4 is 4.74 Å². The molecule has 5 nitrogen and oxygen atoms in total. The number of sulfone groups is 1. The Morgan fingerprint density at radius 1 is 1.43 bits per heavy atom. The lowest BCUT2D eigenvalue weighted by Gasteiger charge is -2.16. The van der Waals surface area contributed by atoms with Crippen molar-refractivity contribution < 1.29 is 17.9 Å². The maximum absolute atomic E-state index is 12.3. The van der Waals surface area contributed by atoms with Gasteiger partial charge in [-0.2, -0.15) is 0 Å². The van der Waals surface area contributed by atoms with Gasteiger partial charge in [-0.3, -0.25) is 4.79 Å². The van der Waals surface area contributed by atoms with E-state index in [0.717, 1.165) is 23.3 Å². The molecule has 1 saturated heterocycles. The van der Waals surface area contributed by atoms with Crippen molar-refractivity contribution in [3.63, 3.8) is 0 Å². The van der Waals surface area contributed by atoms with Gasteiger partial charge in [-0.05, 0) is 23.6 Å². The van der Waals surface area contributed by atoms with E-state index in [2.05, 4.69) is 0 Å². The fourth-order valence-corrected chi connectivity index (χ4v) is 3.92. The summed E-state index contributed by atoms with van der Waals surface area (Å²) in [7, 11) is -3.06. The highest BCUT2D eigenvalue weighted by Crippen LogP contribution is 2.26. The van der Waals surface area contributed by atoms with Gasteiger partial charge in [-0.1, -0.05) is 12.1 Å². The van der Waals surface area contributed by atoms with Gasteiger partial charge in [-0.15, -0.1) is 0 Å². The van der Waals surface area contributed by atoms with Gasteiger partial charge in [-0.25, -0.2) is 8.42 Å². The fraction of sp³-hybridized carbons (Fsp3) is 0.533. The van der Waals surface area contributed by atoms with Crippen molar-refractivity contribution in [1.82, 2.24) is 4.90 Å². The Labute approximate surface area is 124 Å². The van der Waals surface area contributed by atoms with E-state index in [1.807, 2.05) is 18.2 Å². The monoisotopic (exact) mass is 309 g/mol. The van der Waals surface area contributed by atoms with Gasteiger partial charge in [0.15, 0.2) is 9.84 Å². The largest absolute Gasteiger partial charge is 0.493 e. The molecule has 6 heteroatoms. The van der Waals surface area contributed by atoms with Crippen molar-refractivity contribution in [1.29, 1.82) is 0 Å². The summed E-state index contributed by atoms with van der Waals surface area (Å²) in [6.45, 7) is 1.56. The standard InChI is InChI=1S/C15H19NO4S/c1-21(18,19)13-4-6-16(10-13)15(17)9-11-2-3-14-12(8-11)5-7-20-14/h2-3,8,13H,4-7,9-10H2,1H3. The van der Waals surface area contributed by atoms with Gasteiger partial charge in [0.2, 0.25) is 5.91 Å². The Morgan fingerprint density at radius 3 is 2.95 bits per heavy atom. The van der Waals surface area contributed by atoms with Crippen LogP contribution >= 0.6 is 0 Å². The maximum atomic E-state index is 12.3. The van der Waals surface area contributed by atoms with Crippen molar-refractivity contribution in [2.45, 2.75) is 24.5 Å². The Hall–Kier alpha value is -1.56. The molecule has 1 unspecified atom stereocenters. The first-order chi connectivity index (χ1) is 9.93. The van der Waals surface area contributed by atoms with Crippen LogP contribution in [0.5, 0.6) is 5.75 Å². The van der Waals surface area contributed by atoms with Crippen LogP contribution in [0.25, 0.3) is 0 Å². The third-order valence-corrected chi connectivity index (χ3v) is 5.81. The van der Waals surface area contributed by atoms with Crippen LogP contribution in [-0.2, 0) is 27.5 Å². The van der Waals surface area contributed by atoms with Gasteiger partial charge >= 0.3 is 0 Å². The zero-order chi connectivity index (χ0) is 15.0. The van der Waals surface area contributed by atoms with E-state index in [0.29, 0.717) is 32.5 Å². The number of carbonyl (C=O) groups is 1. The number of fused-ring (bicyclic) bond motifs is 1. The lowest BCUT2D eigenvalue weighted by atomic mass is 10.1. The molecule has 0 aliphatic carbocycles. The molecule has 0 aromatic heterocycles. The summed E-state index contributed by atoms with van der Waals surface area (Å²) >= 11 is 0. The van der Waals surface area contributed by atoms with Crippen molar-refractivity contribution in [3.05, 3.63) is 29.3 Å². The first-order valence-electron chi connectivity index (χ1n) is 7.15. The SMILES string of the molecule is CS(=O)(=O)C1CCN(C(=O)Cc2ccc3c(c2)CCO3)C1. The number of benzene rings is 1. The molecule has 0 bridgehead atoms. The molecule has 1 atom stereocenters. The minimum Gasteiger partial charge on any atom is -0.493 e. The highest BCUT2D eigenvalue weighted by atomic mass is 32.2. The van der Waals surface area contributed by atoms with Gasteiger partial charge in [0, 0.05) is 25.8 Å². The van der Waals surface area contributed by atoms with E-state index >= 15 is 0 Å². The van der Waals surface area contributed by atoms with Crippen LogP contribution in [0.1, 0.15) is 17.5 Å². The normalized spacial score (nSPS) is 21.2. The molecule has 0 saturated carbocycles. The average Bonchev–Trinajstić information content (AvgIpc) is 3.06. The molecular weight excluding hydrogens is 290 g/mol. The first-order valence-corrected chi connectivity index (χ1v) is 9.10. The van der Waals surface area contributed by atoms with Crippen LogP contribution in [0.2, 0.25) is 0 Å². The van der Waals surface area contributed by atoms with E-state index in [4.69, 9.17) is 4.74 Å². The molecule has 0 spiro atoms. The fourth-order valence-electron chi connectivity index (χ4n) is 2.94. The summed E-state index contributed by atoms with van der Waals surface area (Å²) in [5.74, 6) is 0.907. The molecule has 2 aliphatic rings. The van der Waals surface area contributed by atoms with Gasteiger partial charge in [0.25, 0.3) is 0 Å². The average molecular weight is 309 g/mol. The third kappa shape index (κ3) is 3.05. The molecular formula is C15H19NO4S. The summed E-state index contributed by atoms with van der Waals surface area (Å²) in [5.41, 5.74) is 2.11. The van der Waals surface area contributed by atoms with Gasteiger partial charge in [0.1, 0.15) is 5.75 Å². The highest BCUT2D eigenvalue weighted by Gasteiger charge is 2.32. The van der Waals surface area contributed by atoms with Crippen molar-refractivity contribution in [2.24, 2.45) is 0 Å². The highest BCUT2D eigenvalue weighted by molar-refractivity contribution is 7.91. The van der Waals surface area contributed by atoms with Crippen molar-refractivity contribution >= 4 is 15.7 Å². The summed E-state index contributed by atoms with van der Waals surface area (Å²) in [4.78, 5) is 13.9. The van der Waals surface area contributed by atoms with E-state index in [1.165, 1.54) is 6.26 Å². The van der Waals surface area contributed by atoms with Gasteiger partial charge < -0.3 is 9.64 Å². The molecule has 114 valence electrons. The third-order valence-electron chi connectivity index (χ3n) is 4.21. The smallest absolute Gasteiger partial charge is 0.227 e. The molecule has 1 aromatic rings. The minimum absolute atomic E-state index is 0.0000142. The van der Waals surface area contributed by atoms with Crippen LogP contribution in [0, 0.1) is 0 Å². The summed E-state index contributed by atoms with van der Waals surface area (Å²) in [5, 5.41) is -0.408. The van der Waals surface area contributed by atoms with Crippen molar-refractivity contribution in [3.8, 4) is 5.75 Å². The molecule has 2 aliphatic heterocycles. The number of hydrogen-bond donors (Lipinski definition) is 0. The molecule has 0 radical (unpaired) electrons. The minimum atomic E-state index is -3.06. The number of hydrogen-bond acceptors (Lipinski definition) is 4. The van der Waals surface area contributed by atoms with Crippen LogP contribution in [0.15, 0.2) is 18.2 Å². The number of ether oxygens (including phenoxy) is 1. The van der Waals surface area contributed by atoms with E-state index < -0.39 is 15.1 Å². The lowest BCUT2D eigenvalue weighted by molar-refractivity contribution is -0.129. The molecule has 1 fully saturated rings. The predicted molar refractivity (Wildman–Crippen MR) is 79.2 cm³/mol. The zero-order valence-electron chi connectivity index (χ0n) is 12.0. The summed E-state index contributed by atoms with van der Waals surface area (Å²) < 4.78 is 28.5. The maximum Gasteiger partial charge on any atom is 0.227 e. The second kappa shape index (κ2) is 5.33. The Kier molecular flexibility index (Phi) is 3.65. The quantitative estimate of drug-likeness (QED) is 0.829.